The van der Waals surface area contributed by atoms with Crippen LogP contribution in [0.5, 0.6) is 0 Å². The highest BCUT2D eigenvalue weighted by molar-refractivity contribution is 7.98. The molecule has 0 spiro atoms. The van der Waals surface area contributed by atoms with E-state index in [-0.39, 0.29) is 5.91 Å². The van der Waals surface area contributed by atoms with Gasteiger partial charge in [-0.05, 0) is 43.6 Å². The Bertz CT molecular complexity index is 957. The minimum atomic E-state index is 0.212. The summed E-state index contributed by atoms with van der Waals surface area (Å²) in [5.74, 6) is 1.88. The highest BCUT2D eigenvalue weighted by Gasteiger charge is 2.23. The molecular formula is C25H37N7O2S. The van der Waals surface area contributed by atoms with E-state index >= 15 is 0 Å². The minimum Gasteiger partial charge on any atom is -0.378 e. The van der Waals surface area contributed by atoms with Crippen LogP contribution in [0.1, 0.15) is 13.8 Å². The van der Waals surface area contributed by atoms with E-state index in [0.717, 1.165) is 75.0 Å². The van der Waals surface area contributed by atoms with Crippen LogP contribution in [-0.4, -0.2) is 104 Å². The third-order valence-electron chi connectivity index (χ3n) is 6.60. The van der Waals surface area contributed by atoms with Crippen molar-refractivity contribution < 1.29 is 9.53 Å². The van der Waals surface area contributed by atoms with Crippen LogP contribution in [0, 0.1) is 0 Å². The lowest BCUT2D eigenvalue weighted by molar-refractivity contribution is -0.132. The Labute approximate surface area is 212 Å². The van der Waals surface area contributed by atoms with E-state index in [1.807, 2.05) is 17.2 Å². The molecule has 2 aliphatic heterocycles. The number of ether oxygens (including phenoxy) is 1. The van der Waals surface area contributed by atoms with Gasteiger partial charge in [0.1, 0.15) is 11.6 Å². The molecule has 0 atom stereocenters. The van der Waals surface area contributed by atoms with Gasteiger partial charge in [-0.25, -0.2) is 9.97 Å². The highest BCUT2D eigenvalue weighted by atomic mass is 32.2. The van der Waals surface area contributed by atoms with Crippen LogP contribution in [0.2, 0.25) is 0 Å². The van der Waals surface area contributed by atoms with Gasteiger partial charge < -0.3 is 24.8 Å². The molecule has 4 rings (SSSR count). The van der Waals surface area contributed by atoms with Gasteiger partial charge in [0.2, 0.25) is 5.91 Å². The molecule has 0 bridgehead atoms. The predicted octanol–water partition coefficient (Wildman–Crippen LogP) is 2.77. The molecule has 190 valence electrons. The number of carbonyl (C=O) groups excluding carboxylic acids is 1. The molecule has 2 fully saturated rings. The van der Waals surface area contributed by atoms with Crippen LogP contribution in [0.3, 0.4) is 0 Å². The van der Waals surface area contributed by atoms with Crippen molar-refractivity contribution in [3.05, 3.63) is 30.3 Å². The maximum Gasteiger partial charge on any atom is 0.236 e. The van der Waals surface area contributed by atoms with Gasteiger partial charge in [0, 0.05) is 56.7 Å². The Morgan fingerprint density at radius 2 is 1.69 bits per heavy atom. The lowest BCUT2D eigenvalue weighted by Crippen LogP contribution is -2.51. The molecule has 0 unspecified atom stereocenters. The fourth-order valence-electron chi connectivity index (χ4n) is 4.38. The van der Waals surface area contributed by atoms with Crippen molar-refractivity contribution >= 4 is 40.7 Å². The number of morpholine rings is 1. The van der Waals surface area contributed by atoms with Gasteiger partial charge >= 0.3 is 0 Å². The summed E-state index contributed by atoms with van der Waals surface area (Å²) in [4.78, 5) is 30.8. The van der Waals surface area contributed by atoms with Crippen molar-refractivity contribution in [3.63, 3.8) is 0 Å². The Kier molecular flexibility index (Phi) is 9.06. The molecule has 1 amide bonds. The molecule has 1 N–H and O–H groups in total. The van der Waals surface area contributed by atoms with Crippen molar-refractivity contribution in [1.82, 2.24) is 19.8 Å². The summed E-state index contributed by atoms with van der Waals surface area (Å²) < 4.78 is 5.45. The van der Waals surface area contributed by atoms with E-state index in [9.17, 15) is 4.79 Å². The minimum absolute atomic E-state index is 0.212. The average molecular weight is 500 g/mol. The van der Waals surface area contributed by atoms with Crippen LogP contribution in [-0.2, 0) is 9.53 Å². The Morgan fingerprint density at radius 3 is 2.31 bits per heavy atom. The summed E-state index contributed by atoms with van der Waals surface area (Å²) in [6.45, 7) is 12.8. The number of aromatic nitrogens is 2. The van der Waals surface area contributed by atoms with E-state index in [1.54, 1.807) is 0 Å². The lowest BCUT2D eigenvalue weighted by Gasteiger charge is -2.36. The number of carbonyl (C=O) groups is 1. The maximum absolute atomic E-state index is 12.7. The molecule has 3 heterocycles. The lowest BCUT2D eigenvalue weighted by atomic mass is 10.2. The van der Waals surface area contributed by atoms with E-state index in [4.69, 9.17) is 9.72 Å². The van der Waals surface area contributed by atoms with Crippen LogP contribution in [0.4, 0.5) is 23.0 Å². The molecule has 0 saturated carbocycles. The number of piperazine rings is 1. The number of rotatable bonds is 9. The first-order valence-corrected chi connectivity index (χ1v) is 13.7. The summed E-state index contributed by atoms with van der Waals surface area (Å²) in [5, 5.41) is 4.18. The van der Waals surface area contributed by atoms with E-state index in [1.165, 1.54) is 17.4 Å². The van der Waals surface area contributed by atoms with Crippen LogP contribution in [0.25, 0.3) is 0 Å². The van der Waals surface area contributed by atoms with E-state index in [2.05, 4.69) is 63.1 Å². The van der Waals surface area contributed by atoms with Gasteiger partial charge in [-0.1, -0.05) is 25.6 Å². The monoisotopic (exact) mass is 499 g/mol. The molecule has 10 heteroatoms. The van der Waals surface area contributed by atoms with Crippen molar-refractivity contribution in [1.29, 1.82) is 0 Å². The van der Waals surface area contributed by atoms with Crippen molar-refractivity contribution in [2.75, 3.05) is 93.5 Å². The van der Waals surface area contributed by atoms with Gasteiger partial charge in [0.05, 0.1) is 19.8 Å². The number of likely N-dealkylation sites (N-methyl/N-ethyl adjacent to an activating group) is 1. The smallest absolute Gasteiger partial charge is 0.236 e. The second-order valence-corrected chi connectivity index (χ2v) is 9.47. The largest absolute Gasteiger partial charge is 0.378 e. The quantitative estimate of drug-likeness (QED) is 0.414. The molecule has 9 nitrogen and oxygen atoms in total. The van der Waals surface area contributed by atoms with Crippen LogP contribution >= 0.6 is 11.8 Å². The molecule has 0 aliphatic carbocycles. The molecule has 1 aromatic heterocycles. The molecule has 35 heavy (non-hydrogen) atoms. The summed E-state index contributed by atoms with van der Waals surface area (Å²) in [7, 11) is 0. The van der Waals surface area contributed by atoms with Gasteiger partial charge in [-0.2, -0.15) is 0 Å². The van der Waals surface area contributed by atoms with Crippen LogP contribution in [0.15, 0.2) is 35.5 Å². The summed E-state index contributed by atoms with van der Waals surface area (Å²) in [6, 6.07) is 10.5. The Morgan fingerprint density at radius 1 is 1.00 bits per heavy atom. The van der Waals surface area contributed by atoms with Gasteiger partial charge in [-0.15, -0.1) is 0 Å². The normalized spacial score (nSPS) is 16.6. The number of hydrogen-bond donors (Lipinski definition) is 1. The number of hydrogen-bond acceptors (Lipinski definition) is 9. The third-order valence-corrected chi connectivity index (χ3v) is 7.15. The van der Waals surface area contributed by atoms with Crippen LogP contribution < -0.4 is 15.1 Å². The zero-order chi connectivity index (χ0) is 24.6. The van der Waals surface area contributed by atoms with Crippen molar-refractivity contribution in [3.8, 4) is 0 Å². The molecule has 1 aromatic carbocycles. The Balaban J connectivity index is 1.39. The fraction of sp³-hybridized carbons (Fsp3) is 0.560. The highest BCUT2D eigenvalue weighted by Crippen LogP contribution is 2.25. The zero-order valence-electron chi connectivity index (χ0n) is 21.1. The SMILES string of the molecule is CCN(CC)CC(=O)N1CCN(c2cc(Nc3ccc(N4CCOCC4)cc3)nc(SC)n2)CC1. The number of benzene rings is 1. The number of amides is 1. The molecule has 2 aliphatic rings. The number of thioether (sulfide) groups is 1. The molecule has 2 aromatic rings. The maximum atomic E-state index is 12.7. The van der Waals surface area contributed by atoms with E-state index in [0.29, 0.717) is 19.6 Å². The number of nitrogens with one attached hydrogen (secondary N) is 1. The van der Waals surface area contributed by atoms with Gasteiger partial charge in [0.25, 0.3) is 0 Å². The molecule has 2 saturated heterocycles. The Hall–Kier alpha value is -2.56. The summed E-state index contributed by atoms with van der Waals surface area (Å²) >= 11 is 1.53. The number of anilines is 4. The molecular weight excluding hydrogens is 462 g/mol. The predicted molar refractivity (Wildman–Crippen MR) is 143 cm³/mol. The fourth-order valence-corrected chi connectivity index (χ4v) is 4.75. The average Bonchev–Trinajstić information content (AvgIpc) is 2.92. The first-order valence-electron chi connectivity index (χ1n) is 12.5. The molecule has 0 radical (unpaired) electrons. The van der Waals surface area contributed by atoms with Crippen molar-refractivity contribution in [2.45, 2.75) is 19.0 Å². The summed E-state index contributed by atoms with van der Waals surface area (Å²) in [6.07, 6.45) is 1.99. The second-order valence-electron chi connectivity index (χ2n) is 8.70. The van der Waals surface area contributed by atoms with Crippen molar-refractivity contribution in [2.24, 2.45) is 0 Å². The van der Waals surface area contributed by atoms with Gasteiger partial charge in [-0.3, -0.25) is 9.69 Å². The third kappa shape index (κ3) is 6.77. The number of nitrogens with zero attached hydrogens (tertiary/aromatic N) is 6. The standard InChI is InChI=1S/C25H37N7O2S/c1-4-29(5-2)19-24(33)32-12-10-31(11-13-32)23-18-22(27-25(28-23)35-3)26-20-6-8-21(9-7-20)30-14-16-34-17-15-30/h6-9,18H,4-5,10-17,19H2,1-3H3,(H,26,27,28). The zero-order valence-corrected chi connectivity index (χ0v) is 21.9. The second kappa shape index (κ2) is 12.4. The van der Waals surface area contributed by atoms with E-state index < -0.39 is 0 Å². The topological polar surface area (TPSA) is 77.1 Å². The summed E-state index contributed by atoms with van der Waals surface area (Å²) in [5.41, 5.74) is 2.20. The first-order chi connectivity index (χ1) is 17.1. The first kappa shape index (κ1) is 25.5. The van der Waals surface area contributed by atoms with Gasteiger partial charge in [0.15, 0.2) is 5.16 Å².